The Morgan fingerprint density at radius 1 is 0.966 bits per heavy atom. The molecule has 0 bridgehead atoms. The van der Waals surface area contributed by atoms with Gasteiger partial charge in [0.2, 0.25) is 5.91 Å². The molecule has 2 amide bonds. The van der Waals surface area contributed by atoms with Gasteiger partial charge in [0.15, 0.2) is 0 Å². The number of carbonyl (C=O) groups is 2. The minimum Gasteiger partial charge on any atom is -0.497 e. The quantitative estimate of drug-likeness (QED) is 0.800. The van der Waals surface area contributed by atoms with E-state index in [1.807, 2.05) is 28.0 Å². The van der Waals surface area contributed by atoms with Crippen LogP contribution in [-0.2, 0) is 4.79 Å². The van der Waals surface area contributed by atoms with Gasteiger partial charge in [-0.3, -0.25) is 9.59 Å². The van der Waals surface area contributed by atoms with E-state index >= 15 is 0 Å². The van der Waals surface area contributed by atoms with E-state index in [-0.39, 0.29) is 29.7 Å². The van der Waals surface area contributed by atoms with Crippen molar-refractivity contribution in [1.82, 2.24) is 9.80 Å². The highest BCUT2D eigenvalue weighted by atomic mass is 16.5. The van der Waals surface area contributed by atoms with E-state index in [0.29, 0.717) is 36.7 Å². The van der Waals surface area contributed by atoms with Crippen molar-refractivity contribution in [2.24, 2.45) is 11.8 Å². The Kier molecular flexibility index (Phi) is 5.18. The molecule has 0 N–H and O–H groups in total. The van der Waals surface area contributed by atoms with Crippen LogP contribution in [0.15, 0.2) is 48.5 Å². The summed E-state index contributed by atoms with van der Waals surface area (Å²) in [5.41, 5.74) is 1.63. The van der Waals surface area contributed by atoms with Crippen LogP contribution in [0.25, 0.3) is 0 Å². The molecule has 152 valence electrons. The van der Waals surface area contributed by atoms with Crippen LogP contribution >= 0.6 is 0 Å². The van der Waals surface area contributed by atoms with Crippen molar-refractivity contribution in [2.75, 3.05) is 33.9 Å². The Labute approximate surface area is 171 Å². The fraction of sp³-hybridized carbons (Fsp3) is 0.391. The highest BCUT2D eigenvalue weighted by molar-refractivity contribution is 5.97. The lowest BCUT2D eigenvalue weighted by atomic mass is 9.89. The molecule has 6 heteroatoms. The molecule has 2 fully saturated rings. The minimum atomic E-state index is -0.0589. The van der Waals surface area contributed by atoms with Crippen molar-refractivity contribution < 1.29 is 19.1 Å². The Hall–Kier alpha value is -3.02. The molecule has 0 spiro atoms. The molecule has 0 radical (unpaired) electrons. The van der Waals surface area contributed by atoms with E-state index in [0.717, 1.165) is 5.56 Å². The Bertz CT molecular complexity index is 914. The van der Waals surface area contributed by atoms with Gasteiger partial charge in [-0.2, -0.15) is 0 Å². The average Bonchev–Trinajstić information content (AvgIpc) is 3.31. The summed E-state index contributed by atoms with van der Waals surface area (Å²) in [5.74, 6) is 1.68. The number of carbonyl (C=O) groups excluding carboxylic acids is 2. The first-order valence-corrected chi connectivity index (χ1v) is 9.87. The molecule has 0 saturated carbocycles. The number of rotatable bonds is 4. The van der Waals surface area contributed by atoms with Crippen molar-refractivity contribution in [3.63, 3.8) is 0 Å². The Balaban J connectivity index is 1.60. The van der Waals surface area contributed by atoms with Crippen LogP contribution in [0.4, 0.5) is 0 Å². The summed E-state index contributed by atoms with van der Waals surface area (Å²) in [4.78, 5) is 29.4. The fourth-order valence-electron chi connectivity index (χ4n) is 4.76. The summed E-state index contributed by atoms with van der Waals surface area (Å²) in [5, 5.41) is 0. The Morgan fingerprint density at radius 3 is 2.38 bits per heavy atom. The van der Waals surface area contributed by atoms with Crippen molar-refractivity contribution in [2.45, 2.75) is 13.0 Å². The molecule has 3 atom stereocenters. The summed E-state index contributed by atoms with van der Waals surface area (Å²) in [7, 11) is 3.14. The number of hydrogen-bond acceptors (Lipinski definition) is 4. The summed E-state index contributed by atoms with van der Waals surface area (Å²) >= 11 is 0. The maximum atomic E-state index is 13.3. The third-order valence-electron chi connectivity index (χ3n) is 6.13. The minimum absolute atomic E-state index is 0.00343. The molecule has 2 aliphatic rings. The van der Waals surface area contributed by atoms with Gasteiger partial charge in [-0.15, -0.1) is 0 Å². The number of nitrogens with zero attached hydrogens (tertiary/aromatic N) is 2. The number of benzene rings is 2. The zero-order chi connectivity index (χ0) is 20.5. The predicted molar refractivity (Wildman–Crippen MR) is 109 cm³/mol. The lowest BCUT2D eigenvalue weighted by molar-refractivity contribution is -0.130. The van der Waals surface area contributed by atoms with Gasteiger partial charge in [-0.05, 0) is 23.8 Å². The van der Waals surface area contributed by atoms with Gasteiger partial charge in [-0.25, -0.2) is 0 Å². The largest absolute Gasteiger partial charge is 0.497 e. The van der Waals surface area contributed by atoms with Gasteiger partial charge in [0.1, 0.15) is 11.5 Å². The molecular weight excluding hydrogens is 368 g/mol. The highest BCUT2D eigenvalue weighted by Gasteiger charge is 2.49. The lowest BCUT2D eigenvalue weighted by Gasteiger charge is -2.29. The van der Waals surface area contributed by atoms with E-state index in [9.17, 15) is 9.59 Å². The number of hydrogen-bond donors (Lipinski definition) is 0. The van der Waals surface area contributed by atoms with Crippen molar-refractivity contribution >= 4 is 11.8 Å². The van der Waals surface area contributed by atoms with E-state index in [2.05, 4.69) is 12.1 Å². The molecule has 2 saturated heterocycles. The normalized spacial score (nSPS) is 23.1. The van der Waals surface area contributed by atoms with Crippen LogP contribution in [0.1, 0.15) is 28.9 Å². The summed E-state index contributed by atoms with van der Waals surface area (Å²) < 4.78 is 10.7. The predicted octanol–water partition coefficient (Wildman–Crippen LogP) is 3.00. The zero-order valence-electron chi connectivity index (χ0n) is 17.0. The van der Waals surface area contributed by atoms with Crippen LogP contribution in [0.3, 0.4) is 0 Å². The van der Waals surface area contributed by atoms with Gasteiger partial charge in [0.25, 0.3) is 5.91 Å². The SMILES string of the molecule is COc1ccc(OC)c(C(=O)N2C[C@@H]3CN(C(C)=O)[C@H](c4ccccc4)[C@@H]3C2)c1. The molecule has 2 aromatic carbocycles. The maximum Gasteiger partial charge on any atom is 0.257 e. The smallest absolute Gasteiger partial charge is 0.257 e. The third-order valence-corrected chi connectivity index (χ3v) is 6.13. The van der Waals surface area contributed by atoms with Gasteiger partial charge in [0, 0.05) is 38.4 Å². The van der Waals surface area contributed by atoms with E-state index in [4.69, 9.17) is 9.47 Å². The second-order valence-electron chi connectivity index (χ2n) is 7.73. The molecular formula is C23H26N2O4. The van der Waals surface area contributed by atoms with Crippen molar-refractivity contribution in [3.05, 3.63) is 59.7 Å². The van der Waals surface area contributed by atoms with Crippen LogP contribution in [0.2, 0.25) is 0 Å². The monoisotopic (exact) mass is 394 g/mol. The Morgan fingerprint density at radius 2 is 1.72 bits per heavy atom. The zero-order valence-corrected chi connectivity index (χ0v) is 17.0. The van der Waals surface area contributed by atoms with Crippen LogP contribution in [0, 0.1) is 11.8 Å². The molecule has 2 aromatic rings. The summed E-state index contributed by atoms with van der Waals surface area (Å²) in [6.07, 6.45) is 0. The van der Waals surface area contributed by atoms with Gasteiger partial charge in [-0.1, -0.05) is 30.3 Å². The molecule has 0 aromatic heterocycles. The highest BCUT2D eigenvalue weighted by Crippen LogP contribution is 2.45. The summed E-state index contributed by atoms with van der Waals surface area (Å²) in [6, 6.07) is 15.4. The number of likely N-dealkylation sites (tertiary alicyclic amines) is 2. The van der Waals surface area contributed by atoms with E-state index in [1.165, 1.54) is 0 Å². The molecule has 2 aliphatic heterocycles. The fourth-order valence-corrected chi connectivity index (χ4v) is 4.76. The lowest BCUT2D eigenvalue weighted by Crippen LogP contribution is -2.36. The second-order valence-corrected chi connectivity index (χ2v) is 7.73. The maximum absolute atomic E-state index is 13.3. The third kappa shape index (κ3) is 3.43. The van der Waals surface area contributed by atoms with Gasteiger partial charge in [0.05, 0.1) is 25.8 Å². The van der Waals surface area contributed by atoms with Crippen LogP contribution < -0.4 is 9.47 Å². The first-order valence-electron chi connectivity index (χ1n) is 9.87. The number of ether oxygens (including phenoxy) is 2. The van der Waals surface area contributed by atoms with E-state index < -0.39 is 0 Å². The number of amides is 2. The molecule has 0 unspecified atom stereocenters. The standard InChI is InChI=1S/C23H26N2O4/c1-15(26)25-13-17-12-24(14-20(17)22(25)16-7-5-4-6-8-16)23(27)19-11-18(28-2)9-10-21(19)29-3/h4-11,17,20,22H,12-14H2,1-3H3/t17-,20-,22-/m1/s1. The van der Waals surface area contributed by atoms with Crippen molar-refractivity contribution in [3.8, 4) is 11.5 Å². The first-order chi connectivity index (χ1) is 14.0. The second kappa shape index (κ2) is 7.78. The molecule has 2 heterocycles. The molecule has 6 nitrogen and oxygen atoms in total. The molecule has 29 heavy (non-hydrogen) atoms. The van der Waals surface area contributed by atoms with Crippen LogP contribution in [-0.4, -0.2) is 55.5 Å². The first kappa shape index (κ1) is 19.3. The molecule has 0 aliphatic carbocycles. The average molecular weight is 394 g/mol. The van der Waals surface area contributed by atoms with E-state index in [1.54, 1.807) is 39.3 Å². The van der Waals surface area contributed by atoms with Gasteiger partial charge >= 0.3 is 0 Å². The summed E-state index contributed by atoms with van der Waals surface area (Å²) in [6.45, 7) is 3.56. The topological polar surface area (TPSA) is 59.1 Å². The van der Waals surface area contributed by atoms with Crippen molar-refractivity contribution in [1.29, 1.82) is 0 Å². The number of methoxy groups -OCH3 is 2. The van der Waals surface area contributed by atoms with Crippen LogP contribution in [0.5, 0.6) is 11.5 Å². The molecule has 4 rings (SSSR count). The van der Waals surface area contributed by atoms with Gasteiger partial charge < -0.3 is 19.3 Å². The number of fused-ring (bicyclic) bond motifs is 1.